The van der Waals surface area contributed by atoms with Gasteiger partial charge in [0.15, 0.2) is 0 Å². The van der Waals surface area contributed by atoms with Crippen LogP contribution in [0, 0.1) is 0 Å². The summed E-state index contributed by atoms with van der Waals surface area (Å²) in [5, 5.41) is 9.23. The van der Waals surface area contributed by atoms with E-state index in [1.54, 1.807) is 7.11 Å². The number of aliphatic carboxylic acids is 1. The lowest BCUT2D eigenvalue weighted by Crippen LogP contribution is -2.41. The molecule has 0 bridgehead atoms. The topological polar surface area (TPSA) is 49.8 Å². The molecule has 1 aromatic rings. The first-order valence-electron chi connectivity index (χ1n) is 6.10. The smallest absolute Gasteiger partial charge is 0.320 e. The summed E-state index contributed by atoms with van der Waals surface area (Å²) < 4.78 is 5.22. The van der Waals surface area contributed by atoms with Crippen molar-refractivity contribution in [2.45, 2.75) is 25.4 Å². The number of carboxylic acid groups (broad SMARTS) is 1. The molecule has 18 heavy (non-hydrogen) atoms. The quantitative estimate of drug-likeness (QED) is 0.807. The van der Waals surface area contributed by atoms with Crippen molar-refractivity contribution >= 4 is 5.97 Å². The van der Waals surface area contributed by atoms with Crippen molar-refractivity contribution in [1.82, 2.24) is 4.90 Å². The maximum atomic E-state index is 11.2. The molecule has 4 nitrogen and oxygen atoms in total. The Morgan fingerprint density at radius 2 is 2.00 bits per heavy atom. The third-order valence-electron chi connectivity index (χ3n) is 3.16. The van der Waals surface area contributed by atoms with E-state index in [0.717, 1.165) is 5.56 Å². The van der Waals surface area contributed by atoms with Gasteiger partial charge in [0.1, 0.15) is 6.04 Å². The van der Waals surface area contributed by atoms with Gasteiger partial charge in [-0.05, 0) is 19.0 Å². The number of benzene rings is 1. The largest absolute Gasteiger partial charge is 0.480 e. The zero-order valence-electron chi connectivity index (χ0n) is 11.2. The minimum Gasteiger partial charge on any atom is -0.480 e. The summed E-state index contributed by atoms with van der Waals surface area (Å²) in [4.78, 5) is 13.1. The first kappa shape index (κ1) is 14.7. The lowest BCUT2D eigenvalue weighted by atomic mass is 10.0. The van der Waals surface area contributed by atoms with E-state index in [2.05, 4.69) is 0 Å². The lowest BCUT2D eigenvalue weighted by Gasteiger charge is -2.32. The third-order valence-corrected chi connectivity index (χ3v) is 3.16. The highest BCUT2D eigenvalue weighted by Crippen LogP contribution is 2.22. The summed E-state index contributed by atoms with van der Waals surface area (Å²) in [5.74, 6) is -0.794. The zero-order chi connectivity index (χ0) is 13.5. The molecule has 2 atom stereocenters. The fraction of sp³-hybridized carbons (Fsp3) is 0.500. The molecule has 0 fully saturated rings. The summed E-state index contributed by atoms with van der Waals surface area (Å²) in [6, 6.07) is 9.30. The van der Waals surface area contributed by atoms with Crippen LogP contribution in [0.1, 0.15) is 24.9 Å². The number of methoxy groups -OCH3 is 1. The lowest BCUT2D eigenvalue weighted by molar-refractivity contribution is -0.144. The third kappa shape index (κ3) is 3.55. The first-order valence-corrected chi connectivity index (χ1v) is 6.10. The van der Waals surface area contributed by atoms with E-state index in [4.69, 9.17) is 4.74 Å². The Morgan fingerprint density at radius 3 is 2.44 bits per heavy atom. The average Bonchev–Trinajstić information content (AvgIpc) is 2.37. The molecule has 1 rings (SSSR count). The van der Waals surface area contributed by atoms with E-state index in [1.165, 1.54) is 0 Å². The Kier molecular flexibility index (Phi) is 5.82. The molecule has 0 aromatic heterocycles. The number of likely N-dealkylation sites (N-methyl/N-ethyl adjacent to an activating group) is 1. The summed E-state index contributed by atoms with van der Waals surface area (Å²) in [5.41, 5.74) is 1.07. The van der Waals surface area contributed by atoms with E-state index in [0.29, 0.717) is 13.0 Å². The molecule has 2 unspecified atom stereocenters. The highest BCUT2D eigenvalue weighted by atomic mass is 16.5. The number of rotatable bonds is 7. The van der Waals surface area contributed by atoms with E-state index >= 15 is 0 Å². The van der Waals surface area contributed by atoms with Gasteiger partial charge in [-0.2, -0.15) is 0 Å². The van der Waals surface area contributed by atoms with Gasteiger partial charge in [0.05, 0.1) is 12.6 Å². The molecular formula is C14H21NO3. The predicted octanol–water partition coefficient (Wildman–Crippen LogP) is 2.17. The molecule has 0 amide bonds. The van der Waals surface area contributed by atoms with Crippen molar-refractivity contribution in [3.05, 3.63) is 35.9 Å². The van der Waals surface area contributed by atoms with Crippen molar-refractivity contribution in [3.8, 4) is 0 Å². The fourth-order valence-corrected chi connectivity index (χ4v) is 2.14. The SMILES string of the molecule is CCC(C(=O)O)N(C)C(COC)c1ccccc1. The van der Waals surface area contributed by atoms with Gasteiger partial charge in [-0.1, -0.05) is 37.3 Å². The molecule has 4 heteroatoms. The molecule has 0 saturated heterocycles. The van der Waals surface area contributed by atoms with E-state index in [9.17, 15) is 9.90 Å². The van der Waals surface area contributed by atoms with E-state index < -0.39 is 12.0 Å². The van der Waals surface area contributed by atoms with Crippen LogP contribution in [-0.2, 0) is 9.53 Å². The van der Waals surface area contributed by atoms with Crippen molar-refractivity contribution in [1.29, 1.82) is 0 Å². The molecule has 0 heterocycles. The second kappa shape index (κ2) is 7.13. The number of hydrogen-bond acceptors (Lipinski definition) is 3. The highest BCUT2D eigenvalue weighted by molar-refractivity contribution is 5.73. The average molecular weight is 251 g/mol. The highest BCUT2D eigenvalue weighted by Gasteiger charge is 2.27. The molecule has 0 aliphatic rings. The van der Waals surface area contributed by atoms with E-state index in [1.807, 2.05) is 49.2 Å². The minimum absolute atomic E-state index is 0.0442. The number of carboxylic acids is 1. The van der Waals surface area contributed by atoms with Gasteiger partial charge in [-0.15, -0.1) is 0 Å². The predicted molar refractivity (Wildman–Crippen MR) is 70.5 cm³/mol. The van der Waals surface area contributed by atoms with Gasteiger partial charge < -0.3 is 9.84 Å². The van der Waals surface area contributed by atoms with Crippen LogP contribution in [0.3, 0.4) is 0 Å². The second-order valence-electron chi connectivity index (χ2n) is 4.31. The zero-order valence-corrected chi connectivity index (χ0v) is 11.2. The normalized spacial score (nSPS) is 14.4. The summed E-state index contributed by atoms with van der Waals surface area (Å²) in [6.45, 7) is 2.36. The van der Waals surface area contributed by atoms with Gasteiger partial charge in [-0.25, -0.2) is 0 Å². The van der Waals surface area contributed by atoms with Gasteiger partial charge in [0, 0.05) is 7.11 Å². The Morgan fingerprint density at radius 1 is 1.39 bits per heavy atom. The standard InChI is InChI=1S/C14H21NO3/c1-4-12(14(16)17)15(2)13(10-18-3)11-8-6-5-7-9-11/h5-9,12-13H,4,10H2,1-3H3,(H,16,17). The Labute approximate surface area is 108 Å². The molecule has 100 valence electrons. The van der Waals surface area contributed by atoms with Gasteiger partial charge in [-0.3, -0.25) is 9.69 Å². The second-order valence-corrected chi connectivity index (χ2v) is 4.31. The Balaban J connectivity index is 2.94. The minimum atomic E-state index is -0.794. The van der Waals surface area contributed by atoms with Crippen LogP contribution < -0.4 is 0 Å². The Bertz CT molecular complexity index is 367. The maximum absolute atomic E-state index is 11.2. The van der Waals surface area contributed by atoms with Crippen LogP contribution in [0.15, 0.2) is 30.3 Å². The van der Waals surface area contributed by atoms with Crippen LogP contribution in [0.4, 0.5) is 0 Å². The van der Waals surface area contributed by atoms with Gasteiger partial charge in [0.2, 0.25) is 0 Å². The summed E-state index contributed by atoms with van der Waals surface area (Å²) >= 11 is 0. The number of nitrogens with zero attached hydrogens (tertiary/aromatic N) is 1. The van der Waals surface area contributed by atoms with Gasteiger partial charge in [0.25, 0.3) is 0 Å². The maximum Gasteiger partial charge on any atom is 0.320 e. The monoisotopic (exact) mass is 251 g/mol. The van der Waals surface area contributed by atoms with Crippen LogP contribution in [-0.4, -0.2) is 42.8 Å². The van der Waals surface area contributed by atoms with Crippen LogP contribution in [0.5, 0.6) is 0 Å². The van der Waals surface area contributed by atoms with Crippen LogP contribution >= 0.6 is 0 Å². The molecule has 0 aliphatic carbocycles. The van der Waals surface area contributed by atoms with Gasteiger partial charge >= 0.3 is 5.97 Å². The van der Waals surface area contributed by atoms with Crippen LogP contribution in [0.25, 0.3) is 0 Å². The number of ether oxygens (including phenoxy) is 1. The molecule has 0 saturated carbocycles. The van der Waals surface area contributed by atoms with Crippen molar-refractivity contribution in [2.75, 3.05) is 20.8 Å². The molecule has 0 spiro atoms. The fourth-order valence-electron chi connectivity index (χ4n) is 2.14. The molecule has 1 N–H and O–H groups in total. The van der Waals surface area contributed by atoms with Crippen molar-refractivity contribution < 1.29 is 14.6 Å². The summed E-state index contributed by atoms with van der Waals surface area (Å²) in [6.07, 6.45) is 0.568. The number of hydrogen-bond donors (Lipinski definition) is 1. The van der Waals surface area contributed by atoms with Crippen LogP contribution in [0.2, 0.25) is 0 Å². The molecule has 0 aliphatic heterocycles. The Hall–Kier alpha value is -1.39. The molecule has 0 radical (unpaired) electrons. The van der Waals surface area contributed by atoms with Crippen molar-refractivity contribution in [3.63, 3.8) is 0 Å². The first-order chi connectivity index (χ1) is 8.61. The van der Waals surface area contributed by atoms with Crippen molar-refractivity contribution in [2.24, 2.45) is 0 Å². The summed E-state index contributed by atoms with van der Waals surface area (Å²) in [7, 11) is 3.46. The molecule has 1 aromatic carbocycles. The number of carbonyl (C=O) groups is 1. The molecular weight excluding hydrogens is 230 g/mol. The van der Waals surface area contributed by atoms with E-state index in [-0.39, 0.29) is 6.04 Å².